The Balaban J connectivity index is 2.38. The number of halogens is 1. The lowest BCUT2D eigenvalue weighted by molar-refractivity contribution is 0.208. The smallest absolute Gasteiger partial charge is 0.0364 e. The molecule has 0 bridgehead atoms. The molecule has 84 valence electrons. The van der Waals surface area contributed by atoms with Crippen LogP contribution in [0.2, 0.25) is 0 Å². The van der Waals surface area contributed by atoms with Crippen LogP contribution in [0, 0.1) is 17.8 Å². The SMILES string of the molecule is CCCCC1CC(C(C)C)CCC1Cl. The first-order valence-corrected chi connectivity index (χ1v) is 6.72. The molecule has 1 saturated carbocycles. The van der Waals surface area contributed by atoms with E-state index >= 15 is 0 Å². The van der Waals surface area contributed by atoms with Gasteiger partial charge in [0.15, 0.2) is 0 Å². The van der Waals surface area contributed by atoms with Crippen molar-refractivity contribution in [1.82, 2.24) is 0 Å². The topological polar surface area (TPSA) is 0 Å². The van der Waals surface area contributed by atoms with E-state index in [1.165, 1.54) is 38.5 Å². The molecule has 1 rings (SSSR count). The van der Waals surface area contributed by atoms with Crippen molar-refractivity contribution in [3.05, 3.63) is 0 Å². The molecule has 0 radical (unpaired) electrons. The standard InChI is InChI=1S/C13H25Cl/c1-4-5-6-12-9-11(10(2)3)7-8-13(12)14/h10-13H,4-9H2,1-3H3. The maximum atomic E-state index is 6.39. The number of unbranched alkanes of at least 4 members (excludes halogenated alkanes) is 1. The first-order chi connectivity index (χ1) is 6.65. The highest BCUT2D eigenvalue weighted by Gasteiger charge is 2.29. The second kappa shape index (κ2) is 6.00. The first kappa shape index (κ1) is 12.4. The molecule has 1 fully saturated rings. The molecule has 14 heavy (non-hydrogen) atoms. The number of rotatable bonds is 4. The monoisotopic (exact) mass is 216 g/mol. The summed E-state index contributed by atoms with van der Waals surface area (Å²) in [7, 11) is 0. The quantitative estimate of drug-likeness (QED) is 0.589. The van der Waals surface area contributed by atoms with E-state index in [-0.39, 0.29) is 0 Å². The van der Waals surface area contributed by atoms with Gasteiger partial charge >= 0.3 is 0 Å². The molecule has 0 aromatic rings. The molecule has 0 nitrogen and oxygen atoms in total. The van der Waals surface area contributed by atoms with Gasteiger partial charge in [0.1, 0.15) is 0 Å². The molecular weight excluding hydrogens is 192 g/mol. The molecule has 3 unspecified atom stereocenters. The molecule has 0 N–H and O–H groups in total. The average molecular weight is 217 g/mol. The van der Waals surface area contributed by atoms with Gasteiger partial charge in [-0.1, -0.05) is 33.6 Å². The summed E-state index contributed by atoms with van der Waals surface area (Å²) in [6.07, 6.45) is 8.01. The van der Waals surface area contributed by atoms with Crippen molar-refractivity contribution in [2.24, 2.45) is 17.8 Å². The van der Waals surface area contributed by atoms with E-state index in [9.17, 15) is 0 Å². The zero-order valence-electron chi connectivity index (χ0n) is 9.93. The third-order valence-corrected chi connectivity index (χ3v) is 4.38. The van der Waals surface area contributed by atoms with Crippen LogP contribution in [-0.2, 0) is 0 Å². The van der Waals surface area contributed by atoms with Gasteiger partial charge in [-0.3, -0.25) is 0 Å². The van der Waals surface area contributed by atoms with Gasteiger partial charge in [-0.25, -0.2) is 0 Å². The molecule has 3 atom stereocenters. The highest BCUT2D eigenvalue weighted by Crippen LogP contribution is 2.38. The van der Waals surface area contributed by atoms with Crippen molar-refractivity contribution < 1.29 is 0 Å². The molecule has 0 saturated heterocycles. The van der Waals surface area contributed by atoms with E-state index < -0.39 is 0 Å². The maximum Gasteiger partial charge on any atom is 0.0364 e. The normalized spacial score (nSPS) is 33.6. The highest BCUT2D eigenvalue weighted by atomic mass is 35.5. The summed E-state index contributed by atoms with van der Waals surface area (Å²) >= 11 is 6.39. The van der Waals surface area contributed by atoms with E-state index in [0.717, 1.165) is 17.8 Å². The third kappa shape index (κ3) is 3.46. The van der Waals surface area contributed by atoms with Crippen molar-refractivity contribution in [3.63, 3.8) is 0 Å². The summed E-state index contributed by atoms with van der Waals surface area (Å²) in [4.78, 5) is 0. The van der Waals surface area contributed by atoms with Crippen LogP contribution in [0.1, 0.15) is 59.3 Å². The predicted molar refractivity (Wildman–Crippen MR) is 64.8 cm³/mol. The van der Waals surface area contributed by atoms with E-state index in [1.807, 2.05) is 0 Å². The fourth-order valence-electron chi connectivity index (χ4n) is 2.63. The molecule has 0 aromatic carbocycles. The zero-order valence-corrected chi connectivity index (χ0v) is 10.7. The molecule has 1 aliphatic rings. The van der Waals surface area contributed by atoms with Gasteiger partial charge in [-0.05, 0) is 43.4 Å². The number of alkyl halides is 1. The van der Waals surface area contributed by atoms with Crippen molar-refractivity contribution in [3.8, 4) is 0 Å². The summed E-state index contributed by atoms with van der Waals surface area (Å²) in [5.74, 6) is 2.59. The Labute approximate surface area is 94.4 Å². The van der Waals surface area contributed by atoms with E-state index in [0.29, 0.717) is 5.38 Å². The van der Waals surface area contributed by atoms with Crippen LogP contribution < -0.4 is 0 Å². The lowest BCUT2D eigenvalue weighted by Crippen LogP contribution is -2.27. The Morgan fingerprint density at radius 3 is 2.57 bits per heavy atom. The summed E-state index contributed by atoms with van der Waals surface area (Å²) in [6.45, 7) is 6.98. The van der Waals surface area contributed by atoms with E-state index in [2.05, 4.69) is 20.8 Å². The fourth-order valence-corrected chi connectivity index (χ4v) is 2.99. The third-order valence-electron chi connectivity index (χ3n) is 3.80. The molecule has 0 heterocycles. The van der Waals surface area contributed by atoms with Crippen LogP contribution in [0.4, 0.5) is 0 Å². The van der Waals surface area contributed by atoms with Crippen molar-refractivity contribution in [2.45, 2.75) is 64.7 Å². The summed E-state index contributed by atoms with van der Waals surface area (Å²) in [5, 5.41) is 0.469. The van der Waals surface area contributed by atoms with Crippen molar-refractivity contribution >= 4 is 11.6 Å². The first-order valence-electron chi connectivity index (χ1n) is 6.29. The highest BCUT2D eigenvalue weighted by molar-refractivity contribution is 6.20. The van der Waals surface area contributed by atoms with Crippen molar-refractivity contribution in [1.29, 1.82) is 0 Å². The summed E-state index contributed by atoms with van der Waals surface area (Å²) < 4.78 is 0. The van der Waals surface area contributed by atoms with Gasteiger partial charge < -0.3 is 0 Å². The van der Waals surface area contributed by atoms with Crippen LogP contribution in [-0.4, -0.2) is 5.38 Å². The molecule has 0 aromatic heterocycles. The number of hydrogen-bond donors (Lipinski definition) is 0. The minimum absolute atomic E-state index is 0.469. The van der Waals surface area contributed by atoms with Gasteiger partial charge in [-0.15, -0.1) is 11.6 Å². The van der Waals surface area contributed by atoms with Gasteiger partial charge in [-0.2, -0.15) is 0 Å². The van der Waals surface area contributed by atoms with Crippen LogP contribution in [0.5, 0.6) is 0 Å². The second-order valence-electron chi connectivity index (χ2n) is 5.24. The Hall–Kier alpha value is 0.290. The predicted octanol–water partition coefficient (Wildman–Crippen LogP) is 4.86. The molecule has 1 aliphatic carbocycles. The largest absolute Gasteiger partial charge is 0.123 e. The fraction of sp³-hybridized carbons (Fsp3) is 1.00. The van der Waals surface area contributed by atoms with Crippen LogP contribution in [0.15, 0.2) is 0 Å². The zero-order chi connectivity index (χ0) is 10.6. The minimum atomic E-state index is 0.469. The lowest BCUT2D eigenvalue weighted by atomic mass is 9.74. The van der Waals surface area contributed by atoms with Crippen LogP contribution >= 0.6 is 11.6 Å². The van der Waals surface area contributed by atoms with E-state index in [1.54, 1.807) is 0 Å². The van der Waals surface area contributed by atoms with Crippen molar-refractivity contribution in [2.75, 3.05) is 0 Å². The second-order valence-corrected chi connectivity index (χ2v) is 5.80. The number of hydrogen-bond acceptors (Lipinski definition) is 0. The average Bonchev–Trinajstić information content (AvgIpc) is 2.16. The lowest BCUT2D eigenvalue weighted by Gasteiger charge is -2.35. The molecule has 0 aliphatic heterocycles. The maximum absolute atomic E-state index is 6.39. The van der Waals surface area contributed by atoms with Crippen LogP contribution in [0.25, 0.3) is 0 Å². The Bertz CT molecular complexity index is 153. The Morgan fingerprint density at radius 1 is 1.29 bits per heavy atom. The molecule has 1 heteroatoms. The van der Waals surface area contributed by atoms with Crippen LogP contribution in [0.3, 0.4) is 0 Å². The minimum Gasteiger partial charge on any atom is -0.123 e. The van der Waals surface area contributed by atoms with Gasteiger partial charge in [0.05, 0.1) is 0 Å². The molecular formula is C13H25Cl. The van der Waals surface area contributed by atoms with E-state index in [4.69, 9.17) is 11.6 Å². The van der Waals surface area contributed by atoms with Gasteiger partial charge in [0.2, 0.25) is 0 Å². The molecule has 0 spiro atoms. The Kier molecular flexibility index (Phi) is 5.30. The van der Waals surface area contributed by atoms with Gasteiger partial charge in [0, 0.05) is 5.38 Å². The summed E-state index contributed by atoms with van der Waals surface area (Å²) in [5.41, 5.74) is 0. The van der Waals surface area contributed by atoms with Gasteiger partial charge in [0.25, 0.3) is 0 Å². The Morgan fingerprint density at radius 2 is 2.00 bits per heavy atom. The molecule has 0 amide bonds. The summed E-state index contributed by atoms with van der Waals surface area (Å²) in [6, 6.07) is 0.